The summed E-state index contributed by atoms with van der Waals surface area (Å²) in [5.74, 6) is 0.159. The van der Waals surface area contributed by atoms with Crippen molar-refractivity contribution in [2.45, 2.75) is 33.1 Å². The molecule has 0 bridgehead atoms. The largest absolute Gasteiger partial charge is 0.294 e. The number of hydrogen-bond acceptors (Lipinski definition) is 3. The lowest BCUT2D eigenvalue weighted by molar-refractivity contribution is 0.0979. The molecule has 0 atom stereocenters. The fraction of sp³-hybridized carbons (Fsp3) is 0.312. The summed E-state index contributed by atoms with van der Waals surface area (Å²) in [6.45, 7) is 3.68. The van der Waals surface area contributed by atoms with Gasteiger partial charge in [-0.15, -0.1) is 0 Å². The highest BCUT2D eigenvalue weighted by atomic mass is 16.1. The predicted octanol–water partition coefficient (Wildman–Crippen LogP) is 3.30. The third-order valence-electron chi connectivity index (χ3n) is 3.11. The quantitative estimate of drug-likeness (QED) is 0.769. The molecule has 3 heteroatoms. The Morgan fingerprint density at radius 2 is 1.84 bits per heavy atom. The lowest BCUT2D eigenvalue weighted by atomic mass is 10.0. The monoisotopic (exact) mass is 254 g/mol. The predicted molar refractivity (Wildman–Crippen MR) is 75.2 cm³/mol. The number of hydrogen-bond donors (Lipinski definition) is 0. The fourth-order valence-electron chi connectivity index (χ4n) is 2.06. The second kappa shape index (κ2) is 6.23. The van der Waals surface area contributed by atoms with Gasteiger partial charge in [-0.05, 0) is 38.3 Å². The summed E-state index contributed by atoms with van der Waals surface area (Å²) in [7, 11) is 0. The van der Waals surface area contributed by atoms with Crippen LogP contribution in [0, 0.1) is 13.8 Å². The van der Waals surface area contributed by atoms with E-state index in [0.29, 0.717) is 12.0 Å². The van der Waals surface area contributed by atoms with Crippen LogP contribution in [0.5, 0.6) is 0 Å². The van der Waals surface area contributed by atoms with Gasteiger partial charge in [0.25, 0.3) is 0 Å². The Morgan fingerprint density at radius 1 is 1.11 bits per heavy atom. The summed E-state index contributed by atoms with van der Waals surface area (Å²) in [5.41, 5.74) is 3.49. The Hall–Kier alpha value is -2.03. The van der Waals surface area contributed by atoms with E-state index in [-0.39, 0.29) is 5.78 Å². The number of carbonyl (C=O) groups excluding carboxylic acids is 1. The fourth-order valence-corrected chi connectivity index (χ4v) is 2.06. The van der Waals surface area contributed by atoms with Crippen LogP contribution < -0.4 is 0 Å². The Bertz CT molecular complexity index is 564. The number of carbonyl (C=O) groups is 1. The van der Waals surface area contributed by atoms with Crippen molar-refractivity contribution in [3.63, 3.8) is 0 Å². The van der Waals surface area contributed by atoms with E-state index in [0.717, 1.165) is 24.2 Å². The zero-order valence-electron chi connectivity index (χ0n) is 11.4. The Labute approximate surface area is 113 Å². The first-order valence-electron chi connectivity index (χ1n) is 6.55. The van der Waals surface area contributed by atoms with E-state index in [2.05, 4.69) is 22.3 Å². The molecule has 0 amide bonds. The van der Waals surface area contributed by atoms with Crippen LogP contribution in [0.4, 0.5) is 0 Å². The Kier molecular flexibility index (Phi) is 4.39. The highest BCUT2D eigenvalue weighted by Gasteiger charge is 2.10. The number of ketones is 1. The van der Waals surface area contributed by atoms with Crippen molar-refractivity contribution in [3.05, 3.63) is 58.9 Å². The number of aromatic nitrogens is 2. The molecule has 0 radical (unpaired) electrons. The molecule has 0 spiro atoms. The van der Waals surface area contributed by atoms with Gasteiger partial charge in [0.1, 0.15) is 0 Å². The molecule has 0 aliphatic rings. The van der Waals surface area contributed by atoms with E-state index < -0.39 is 0 Å². The first-order chi connectivity index (χ1) is 9.16. The third-order valence-corrected chi connectivity index (χ3v) is 3.11. The molecule has 0 unspecified atom stereocenters. The Balaban J connectivity index is 1.93. The lowest BCUT2D eigenvalue weighted by Gasteiger charge is -2.05. The standard InChI is InChI=1S/C16H18N2O/c1-12-11-15(13(2)18-17-12)16(19)10-6-9-14-7-4-3-5-8-14/h3-5,7-8,11H,6,9-10H2,1-2H3. The van der Waals surface area contributed by atoms with E-state index in [1.54, 1.807) is 0 Å². The third kappa shape index (κ3) is 3.71. The molecule has 2 aromatic rings. The van der Waals surface area contributed by atoms with Crippen molar-refractivity contribution in [2.75, 3.05) is 0 Å². The molecule has 1 aromatic carbocycles. The molecule has 0 saturated heterocycles. The van der Waals surface area contributed by atoms with E-state index in [4.69, 9.17) is 0 Å². The van der Waals surface area contributed by atoms with E-state index in [9.17, 15) is 4.79 Å². The van der Waals surface area contributed by atoms with E-state index >= 15 is 0 Å². The van der Waals surface area contributed by atoms with Gasteiger partial charge >= 0.3 is 0 Å². The molecule has 1 heterocycles. The maximum atomic E-state index is 12.1. The van der Waals surface area contributed by atoms with Gasteiger partial charge in [-0.1, -0.05) is 30.3 Å². The molecule has 0 fully saturated rings. The van der Waals surface area contributed by atoms with Crippen molar-refractivity contribution in [1.29, 1.82) is 0 Å². The SMILES string of the molecule is Cc1cc(C(=O)CCCc2ccccc2)c(C)nn1. The molecule has 0 aliphatic carbocycles. The molecule has 0 N–H and O–H groups in total. The van der Waals surface area contributed by atoms with E-state index in [1.165, 1.54) is 5.56 Å². The zero-order valence-corrected chi connectivity index (χ0v) is 11.4. The first kappa shape index (κ1) is 13.4. The number of aryl methyl sites for hydroxylation is 3. The minimum Gasteiger partial charge on any atom is -0.294 e. The minimum absolute atomic E-state index is 0.159. The van der Waals surface area contributed by atoms with Crippen molar-refractivity contribution in [2.24, 2.45) is 0 Å². The van der Waals surface area contributed by atoms with Crippen LogP contribution in [0.15, 0.2) is 36.4 Å². The van der Waals surface area contributed by atoms with Crippen molar-refractivity contribution in [1.82, 2.24) is 10.2 Å². The van der Waals surface area contributed by atoms with Gasteiger partial charge in [0, 0.05) is 12.0 Å². The summed E-state index contributed by atoms with van der Waals surface area (Å²) < 4.78 is 0. The highest BCUT2D eigenvalue weighted by Crippen LogP contribution is 2.12. The van der Waals surface area contributed by atoms with Crippen molar-refractivity contribution in [3.8, 4) is 0 Å². The Morgan fingerprint density at radius 3 is 2.58 bits per heavy atom. The number of Topliss-reactive ketones (excluding diaryl/α,β-unsaturated/α-hetero) is 1. The molecule has 0 aliphatic heterocycles. The molecular formula is C16H18N2O. The van der Waals surface area contributed by atoms with Crippen molar-refractivity contribution >= 4 is 5.78 Å². The lowest BCUT2D eigenvalue weighted by Crippen LogP contribution is -2.06. The van der Waals surface area contributed by atoms with Gasteiger partial charge in [0.05, 0.1) is 11.4 Å². The van der Waals surface area contributed by atoms with Crippen LogP contribution in [0.2, 0.25) is 0 Å². The molecule has 3 nitrogen and oxygen atoms in total. The zero-order chi connectivity index (χ0) is 13.7. The van der Waals surface area contributed by atoms with Gasteiger partial charge < -0.3 is 0 Å². The van der Waals surface area contributed by atoms with Crippen LogP contribution in [-0.4, -0.2) is 16.0 Å². The van der Waals surface area contributed by atoms with Gasteiger partial charge in [0.2, 0.25) is 0 Å². The first-order valence-corrected chi connectivity index (χ1v) is 6.55. The molecular weight excluding hydrogens is 236 g/mol. The number of benzene rings is 1. The van der Waals surface area contributed by atoms with Gasteiger partial charge in [-0.2, -0.15) is 10.2 Å². The minimum atomic E-state index is 0.159. The van der Waals surface area contributed by atoms with Crippen LogP contribution >= 0.6 is 0 Å². The number of rotatable bonds is 5. The summed E-state index contributed by atoms with van der Waals surface area (Å²) in [4.78, 5) is 12.1. The van der Waals surface area contributed by atoms with Gasteiger partial charge in [0.15, 0.2) is 5.78 Å². The topological polar surface area (TPSA) is 42.9 Å². The summed E-state index contributed by atoms with van der Waals surface area (Å²) in [6, 6.07) is 12.1. The molecule has 19 heavy (non-hydrogen) atoms. The second-order valence-electron chi connectivity index (χ2n) is 4.75. The van der Waals surface area contributed by atoms with Crippen molar-refractivity contribution < 1.29 is 4.79 Å². The average Bonchev–Trinajstić information content (AvgIpc) is 2.42. The van der Waals surface area contributed by atoms with Gasteiger partial charge in [-0.3, -0.25) is 4.79 Å². The van der Waals surface area contributed by atoms with Crippen LogP contribution in [0.3, 0.4) is 0 Å². The van der Waals surface area contributed by atoms with Crippen LogP contribution in [-0.2, 0) is 6.42 Å². The maximum absolute atomic E-state index is 12.1. The second-order valence-corrected chi connectivity index (χ2v) is 4.75. The molecule has 1 aromatic heterocycles. The molecule has 0 saturated carbocycles. The number of nitrogens with zero attached hydrogens (tertiary/aromatic N) is 2. The smallest absolute Gasteiger partial charge is 0.164 e. The summed E-state index contributed by atoms with van der Waals surface area (Å²) >= 11 is 0. The normalized spacial score (nSPS) is 10.4. The molecule has 98 valence electrons. The summed E-state index contributed by atoms with van der Waals surface area (Å²) in [5, 5.41) is 7.94. The van der Waals surface area contributed by atoms with E-state index in [1.807, 2.05) is 38.1 Å². The maximum Gasteiger partial charge on any atom is 0.164 e. The highest BCUT2D eigenvalue weighted by molar-refractivity contribution is 5.97. The average molecular weight is 254 g/mol. The van der Waals surface area contributed by atoms with Crippen LogP contribution in [0.1, 0.15) is 40.2 Å². The van der Waals surface area contributed by atoms with Gasteiger partial charge in [-0.25, -0.2) is 0 Å². The summed E-state index contributed by atoms with van der Waals surface area (Å²) in [6.07, 6.45) is 2.35. The molecule has 2 rings (SSSR count). The van der Waals surface area contributed by atoms with Crippen LogP contribution in [0.25, 0.3) is 0 Å².